The van der Waals surface area contributed by atoms with Gasteiger partial charge in [-0.1, -0.05) is 12.2 Å². The smallest absolute Gasteiger partial charge is 0.265 e. The van der Waals surface area contributed by atoms with E-state index in [2.05, 4.69) is 0 Å². The minimum Gasteiger partial charge on any atom is -0.286 e. The van der Waals surface area contributed by atoms with E-state index in [1.165, 1.54) is 23.5 Å². The Kier molecular flexibility index (Phi) is 3.21. The molecule has 0 spiro atoms. The summed E-state index contributed by atoms with van der Waals surface area (Å²) in [6, 6.07) is 0. The summed E-state index contributed by atoms with van der Waals surface area (Å²) in [4.78, 5) is 0. The molecule has 0 radical (unpaired) electrons. The molecule has 1 unspecified atom stereocenters. The van der Waals surface area contributed by atoms with Crippen LogP contribution in [0.15, 0.2) is 0 Å². The van der Waals surface area contributed by atoms with E-state index in [0.717, 1.165) is 3.53 Å². The maximum atomic E-state index is 10.4. The molecular formula is C4H6O3S4. The second-order valence-corrected chi connectivity index (χ2v) is 7.07. The highest BCUT2D eigenvalue weighted by Gasteiger charge is 2.25. The number of thioether (sulfide) groups is 2. The third-order valence-corrected chi connectivity index (χ3v) is 5.24. The number of thiocarbonyl (C=S) groups is 1. The van der Waals surface area contributed by atoms with Gasteiger partial charge in [0.25, 0.3) is 10.1 Å². The molecule has 0 aromatic heterocycles. The summed E-state index contributed by atoms with van der Waals surface area (Å²) in [6.45, 7) is 0. The Bertz CT molecular complexity index is 257. The molecule has 0 aromatic rings. The summed E-state index contributed by atoms with van der Waals surface area (Å²) in [5.41, 5.74) is 0. The van der Waals surface area contributed by atoms with Gasteiger partial charge in [-0.15, -0.1) is 23.5 Å². The highest BCUT2D eigenvalue weighted by molar-refractivity contribution is 8.49. The van der Waals surface area contributed by atoms with Crippen molar-refractivity contribution in [2.24, 2.45) is 0 Å². The van der Waals surface area contributed by atoms with Crippen molar-refractivity contribution in [3.63, 3.8) is 0 Å². The minimum absolute atomic E-state index is 0.0671. The highest BCUT2D eigenvalue weighted by atomic mass is 32.2. The van der Waals surface area contributed by atoms with Crippen LogP contribution in [0.1, 0.15) is 0 Å². The van der Waals surface area contributed by atoms with E-state index in [9.17, 15) is 8.42 Å². The van der Waals surface area contributed by atoms with Crippen molar-refractivity contribution in [3.8, 4) is 0 Å². The van der Waals surface area contributed by atoms with Crippen molar-refractivity contribution in [2.75, 3.05) is 11.5 Å². The third kappa shape index (κ3) is 3.75. The van der Waals surface area contributed by atoms with Crippen LogP contribution in [0.4, 0.5) is 0 Å². The fraction of sp³-hybridized carbons (Fsp3) is 0.750. The van der Waals surface area contributed by atoms with Gasteiger partial charge in [0.1, 0.15) is 3.53 Å². The first kappa shape index (κ1) is 9.79. The molecule has 1 aliphatic heterocycles. The van der Waals surface area contributed by atoms with E-state index in [0.29, 0.717) is 5.75 Å². The summed E-state index contributed by atoms with van der Waals surface area (Å²) >= 11 is 7.65. The van der Waals surface area contributed by atoms with Gasteiger partial charge in [-0.25, -0.2) is 0 Å². The molecule has 1 heterocycles. The lowest BCUT2D eigenvalue weighted by Crippen LogP contribution is -2.16. The van der Waals surface area contributed by atoms with Crippen molar-refractivity contribution < 1.29 is 13.0 Å². The van der Waals surface area contributed by atoms with Crippen LogP contribution in [-0.2, 0) is 10.1 Å². The molecule has 1 fully saturated rings. The molecular weight excluding hydrogens is 224 g/mol. The Morgan fingerprint density at radius 2 is 2.36 bits per heavy atom. The largest absolute Gasteiger partial charge is 0.286 e. The van der Waals surface area contributed by atoms with Gasteiger partial charge >= 0.3 is 0 Å². The predicted octanol–water partition coefficient (Wildman–Crippen LogP) is 1.01. The second kappa shape index (κ2) is 3.61. The molecule has 1 rings (SSSR count). The van der Waals surface area contributed by atoms with Crippen LogP contribution in [0.5, 0.6) is 0 Å². The molecule has 11 heavy (non-hydrogen) atoms. The van der Waals surface area contributed by atoms with E-state index in [-0.39, 0.29) is 11.0 Å². The SMILES string of the molecule is O=S(=O)(O)CC1CSC(=S)S1. The van der Waals surface area contributed by atoms with Gasteiger partial charge in [-0.05, 0) is 0 Å². The van der Waals surface area contributed by atoms with Crippen molar-refractivity contribution in [2.45, 2.75) is 5.25 Å². The van der Waals surface area contributed by atoms with Gasteiger partial charge in [0, 0.05) is 11.0 Å². The zero-order chi connectivity index (χ0) is 8.48. The van der Waals surface area contributed by atoms with Crippen molar-refractivity contribution in [3.05, 3.63) is 0 Å². The van der Waals surface area contributed by atoms with Gasteiger partial charge in [-0.3, -0.25) is 4.55 Å². The maximum absolute atomic E-state index is 10.4. The van der Waals surface area contributed by atoms with E-state index >= 15 is 0 Å². The number of hydrogen-bond donors (Lipinski definition) is 1. The van der Waals surface area contributed by atoms with Gasteiger partial charge in [0.05, 0.1) is 5.75 Å². The molecule has 1 N–H and O–H groups in total. The summed E-state index contributed by atoms with van der Waals surface area (Å²) in [6.07, 6.45) is 0. The van der Waals surface area contributed by atoms with Crippen LogP contribution in [0.2, 0.25) is 0 Å². The lowest BCUT2D eigenvalue weighted by atomic mass is 10.6. The molecule has 0 bridgehead atoms. The Labute approximate surface area is 79.1 Å². The summed E-state index contributed by atoms with van der Waals surface area (Å²) in [5.74, 6) is 0.494. The topological polar surface area (TPSA) is 54.4 Å². The summed E-state index contributed by atoms with van der Waals surface area (Å²) in [5, 5.41) is -0.0671. The first-order valence-corrected chi connectivity index (χ1v) is 6.64. The predicted molar refractivity (Wildman–Crippen MR) is 52.9 cm³/mol. The zero-order valence-electron chi connectivity index (χ0n) is 5.39. The Morgan fingerprint density at radius 1 is 1.73 bits per heavy atom. The van der Waals surface area contributed by atoms with Crippen LogP contribution in [0.25, 0.3) is 0 Å². The van der Waals surface area contributed by atoms with Crippen molar-refractivity contribution in [1.82, 2.24) is 0 Å². The first-order chi connectivity index (χ1) is 4.97. The zero-order valence-corrected chi connectivity index (χ0v) is 8.65. The third-order valence-electron chi connectivity index (χ3n) is 1.05. The molecule has 1 aliphatic rings. The number of rotatable bonds is 2. The second-order valence-electron chi connectivity index (χ2n) is 2.05. The highest BCUT2D eigenvalue weighted by Crippen LogP contribution is 2.33. The average molecular weight is 230 g/mol. The van der Waals surface area contributed by atoms with E-state index < -0.39 is 10.1 Å². The molecule has 1 atom stereocenters. The van der Waals surface area contributed by atoms with Crippen molar-refractivity contribution >= 4 is 49.4 Å². The fourth-order valence-electron chi connectivity index (χ4n) is 0.682. The molecule has 0 aromatic carbocycles. The van der Waals surface area contributed by atoms with Crippen LogP contribution in [-0.4, -0.2) is 33.3 Å². The van der Waals surface area contributed by atoms with Gasteiger partial charge in [-0.2, -0.15) is 8.42 Å². The van der Waals surface area contributed by atoms with E-state index in [4.69, 9.17) is 16.8 Å². The molecule has 64 valence electrons. The van der Waals surface area contributed by atoms with Crippen LogP contribution in [0.3, 0.4) is 0 Å². The minimum atomic E-state index is -3.82. The van der Waals surface area contributed by atoms with Gasteiger partial charge in [0.15, 0.2) is 0 Å². The Hall–Kier alpha value is 0.700. The van der Waals surface area contributed by atoms with Gasteiger partial charge < -0.3 is 0 Å². The summed E-state index contributed by atoms with van der Waals surface area (Å²) in [7, 11) is -3.82. The number of hydrogen-bond acceptors (Lipinski definition) is 5. The van der Waals surface area contributed by atoms with Crippen LogP contribution in [0, 0.1) is 0 Å². The molecule has 7 heteroatoms. The first-order valence-electron chi connectivity index (χ1n) is 2.76. The molecule has 0 aliphatic carbocycles. The van der Waals surface area contributed by atoms with Crippen LogP contribution >= 0.6 is 35.7 Å². The molecule has 3 nitrogen and oxygen atoms in total. The summed E-state index contributed by atoms with van der Waals surface area (Å²) < 4.78 is 30.0. The van der Waals surface area contributed by atoms with E-state index in [1.54, 1.807) is 0 Å². The maximum Gasteiger partial charge on any atom is 0.265 e. The van der Waals surface area contributed by atoms with Crippen LogP contribution < -0.4 is 0 Å². The quantitative estimate of drug-likeness (QED) is 0.564. The Balaban J connectivity index is 2.47. The van der Waals surface area contributed by atoms with Crippen molar-refractivity contribution in [1.29, 1.82) is 0 Å². The standard InChI is InChI=1S/C4H6O3S4/c5-11(6,7)2-3-1-9-4(8)10-3/h3H,1-2H2,(H,5,6,7). The fourth-order valence-corrected chi connectivity index (χ4v) is 4.89. The monoisotopic (exact) mass is 230 g/mol. The molecule has 1 saturated heterocycles. The lowest BCUT2D eigenvalue weighted by Gasteiger charge is -2.01. The Morgan fingerprint density at radius 3 is 2.73 bits per heavy atom. The molecule has 0 amide bonds. The van der Waals surface area contributed by atoms with E-state index in [1.807, 2.05) is 0 Å². The average Bonchev–Trinajstić information content (AvgIpc) is 2.10. The lowest BCUT2D eigenvalue weighted by molar-refractivity contribution is 0.483. The normalized spacial score (nSPS) is 25.9. The van der Waals surface area contributed by atoms with Gasteiger partial charge in [0.2, 0.25) is 0 Å². The molecule has 0 saturated carbocycles.